The van der Waals surface area contributed by atoms with Crippen molar-refractivity contribution in [3.05, 3.63) is 17.3 Å². The van der Waals surface area contributed by atoms with Crippen molar-refractivity contribution in [2.45, 2.75) is 36.5 Å². The SMILES string of the molecule is CCC[n+]1c(N)cc(N)nc1SCC1=C(C(=O)O)N2C(=O)C(N)[C@H]2SC1. The van der Waals surface area contributed by atoms with E-state index in [0.29, 0.717) is 40.4 Å². The van der Waals surface area contributed by atoms with E-state index < -0.39 is 12.0 Å². The average Bonchev–Trinajstić information content (AvgIpc) is 2.60. The molecule has 1 unspecified atom stereocenters. The lowest BCUT2D eigenvalue weighted by atomic mass is 10.0. The first-order valence-electron chi connectivity index (χ1n) is 8.09. The second-order valence-corrected chi connectivity index (χ2v) is 8.07. The van der Waals surface area contributed by atoms with Gasteiger partial charge in [0.05, 0.1) is 12.6 Å². The van der Waals surface area contributed by atoms with Crippen molar-refractivity contribution in [1.29, 1.82) is 0 Å². The molecule has 1 amide bonds. The maximum Gasteiger partial charge on any atom is 0.352 e. The summed E-state index contributed by atoms with van der Waals surface area (Å²) in [5.41, 5.74) is 18.3. The largest absolute Gasteiger partial charge is 0.477 e. The van der Waals surface area contributed by atoms with E-state index in [0.717, 1.165) is 6.42 Å². The highest BCUT2D eigenvalue weighted by Gasteiger charge is 2.51. The Morgan fingerprint density at radius 2 is 2.27 bits per heavy atom. The number of fused-ring (bicyclic) bond motifs is 1. The number of carboxylic acids is 1. The number of anilines is 2. The zero-order valence-electron chi connectivity index (χ0n) is 14.2. The van der Waals surface area contributed by atoms with Crippen LogP contribution in [0.2, 0.25) is 0 Å². The minimum atomic E-state index is -1.12. The minimum Gasteiger partial charge on any atom is -0.477 e. The van der Waals surface area contributed by atoms with Gasteiger partial charge < -0.3 is 22.3 Å². The van der Waals surface area contributed by atoms with Crippen LogP contribution in [0.15, 0.2) is 22.5 Å². The van der Waals surface area contributed by atoms with E-state index in [1.54, 1.807) is 6.07 Å². The standard InChI is InChI=1S/C15H20N6O3S2/c1-2-3-20-9(17)4-8(16)19-15(20)26-6-7-5-25-13-10(18)12(22)21(13)11(7)14(23)24/h4,10,13H,2-3,5-6,18H2,1H3,(H4,16,17,23,24)/p+1/t10?,13-/m1/s1. The molecule has 0 aliphatic carbocycles. The first-order chi connectivity index (χ1) is 12.3. The van der Waals surface area contributed by atoms with Gasteiger partial charge in [0.15, 0.2) is 0 Å². The second-order valence-electron chi connectivity index (χ2n) is 6.02. The molecular formula is C15H21N6O3S2+. The van der Waals surface area contributed by atoms with Crippen molar-refractivity contribution in [2.75, 3.05) is 23.0 Å². The number of amides is 1. The van der Waals surface area contributed by atoms with Crippen molar-refractivity contribution >= 4 is 47.0 Å². The number of aliphatic carboxylic acids is 1. The number of aromatic nitrogens is 2. The molecule has 0 bridgehead atoms. The number of carbonyl (C=O) groups excluding carboxylic acids is 1. The van der Waals surface area contributed by atoms with Gasteiger partial charge >= 0.3 is 11.1 Å². The summed E-state index contributed by atoms with van der Waals surface area (Å²) in [6.07, 6.45) is 0.870. The third-order valence-electron chi connectivity index (χ3n) is 4.18. The van der Waals surface area contributed by atoms with Gasteiger partial charge in [-0.15, -0.1) is 11.8 Å². The van der Waals surface area contributed by atoms with Crippen molar-refractivity contribution in [3.8, 4) is 0 Å². The topological polar surface area (TPSA) is 152 Å². The van der Waals surface area contributed by atoms with E-state index in [9.17, 15) is 14.7 Å². The maximum absolute atomic E-state index is 12.0. The fraction of sp³-hybridized carbons (Fsp3) is 0.467. The van der Waals surface area contributed by atoms with Crippen LogP contribution < -0.4 is 21.8 Å². The van der Waals surface area contributed by atoms with Gasteiger partial charge in [0.2, 0.25) is 17.5 Å². The Bertz CT molecular complexity index is 800. The highest BCUT2D eigenvalue weighted by Crippen LogP contribution is 2.40. The molecule has 1 saturated heterocycles. The summed E-state index contributed by atoms with van der Waals surface area (Å²) in [7, 11) is 0. The third-order valence-corrected chi connectivity index (χ3v) is 6.60. The van der Waals surface area contributed by atoms with Crippen LogP contribution in [0.1, 0.15) is 13.3 Å². The predicted octanol–water partition coefficient (Wildman–Crippen LogP) is -0.383. The summed E-state index contributed by atoms with van der Waals surface area (Å²) in [6, 6.07) is 0.966. The number of β-lactam (4-membered cyclic amide) rings is 1. The Kier molecular flexibility index (Phi) is 5.30. The third kappa shape index (κ3) is 3.21. The van der Waals surface area contributed by atoms with Crippen LogP contribution >= 0.6 is 23.5 Å². The molecule has 3 heterocycles. The number of nitrogen functional groups attached to an aromatic ring is 2. The number of carbonyl (C=O) groups is 2. The number of hydrogen-bond donors (Lipinski definition) is 4. The maximum atomic E-state index is 12.0. The predicted molar refractivity (Wildman–Crippen MR) is 100 cm³/mol. The Balaban J connectivity index is 1.87. The van der Waals surface area contributed by atoms with Gasteiger partial charge in [-0.25, -0.2) is 9.36 Å². The highest BCUT2D eigenvalue weighted by molar-refractivity contribution is 8.01. The molecule has 1 aromatic rings. The fourth-order valence-electron chi connectivity index (χ4n) is 2.94. The number of rotatable bonds is 6. The lowest BCUT2D eigenvalue weighted by Crippen LogP contribution is -2.68. The van der Waals surface area contributed by atoms with E-state index in [2.05, 4.69) is 4.98 Å². The second kappa shape index (κ2) is 7.33. The van der Waals surface area contributed by atoms with Gasteiger partial charge in [0.1, 0.15) is 17.1 Å². The fourth-order valence-corrected chi connectivity index (χ4v) is 5.43. The Morgan fingerprint density at radius 3 is 2.92 bits per heavy atom. The highest BCUT2D eigenvalue weighted by atomic mass is 32.2. The summed E-state index contributed by atoms with van der Waals surface area (Å²) in [4.78, 5) is 29.3. The quantitative estimate of drug-likeness (QED) is 0.218. The summed E-state index contributed by atoms with van der Waals surface area (Å²) in [6.45, 7) is 2.71. The lowest BCUT2D eigenvalue weighted by molar-refractivity contribution is -0.723. The number of thioether (sulfide) groups is 2. The van der Waals surface area contributed by atoms with Crippen LogP contribution in [0.5, 0.6) is 0 Å². The summed E-state index contributed by atoms with van der Waals surface area (Å²) in [5, 5.41) is 9.91. The lowest BCUT2D eigenvalue weighted by Gasteiger charge is -2.48. The van der Waals surface area contributed by atoms with E-state index in [1.165, 1.54) is 28.4 Å². The molecule has 9 nitrogen and oxygen atoms in total. The molecule has 2 aliphatic rings. The smallest absolute Gasteiger partial charge is 0.352 e. The summed E-state index contributed by atoms with van der Waals surface area (Å²) in [5.74, 6) is 0.229. The van der Waals surface area contributed by atoms with Crippen LogP contribution in [0.3, 0.4) is 0 Å². The van der Waals surface area contributed by atoms with Gasteiger partial charge in [0, 0.05) is 11.5 Å². The molecule has 7 N–H and O–H groups in total. The Labute approximate surface area is 159 Å². The molecule has 0 spiro atoms. The molecule has 0 aromatic carbocycles. The molecule has 0 radical (unpaired) electrons. The van der Waals surface area contributed by atoms with Crippen LogP contribution in [0, 0.1) is 0 Å². The minimum absolute atomic E-state index is 0.0341. The molecule has 2 aliphatic heterocycles. The van der Waals surface area contributed by atoms with Crippen LogP contribution in [0.4, 0.5) is 11.6 Å². The van der Waals surface area contributed by atoms with Crippen molar-refractivity contribution in [1.82, 2.24) is 9.88 Å². The van der Waals surface area contributed by atoms with Crippen molar-refractivity contribution in [3.63, 3.8) is 0 Å². The van der Waals surface area contributed by atoms with Crippen molar-refractivity contribution < 1.29 is 19.3 Å². The zero-order valence-corrected chi connectivity index (χ0v) is 15.8. The number of carboxylic acid groups (broad SMARTS) is 1. The Hall–Kier alpha value is -1.98. The molecule has 0 saturated carbocycles. The summed E-state index contributed by atoms with van der Waals surface area (Å²) < 4.78 is 1.85. The zero-order chi connectivity index (χ0) is 19.0. The summed E-state index contributed by atoms with van der Waals surface area (Å²) >= 11 is 2.84. The van der Waals surface area contributed by atoms with Gasteiger partial charge in [-0.05, 0) is 23.8 Å². The normalized spacial score (nSPS) is 22.2. The van der Waals surface area contributed by atoms with Gasteiger partial charge in [-0.3, -0.25) is 9.69 Å². The number of hydrogen-bond acceptors (Lipinski definition) is 8. The molecule has 26 heavy (non-hydrogen) atoms. The van der Waals surface area contributed by atoms with E-state index in [-0.39, 0.29) is 17.0 Å². The molecule has 11 heteroatoms. The van der Waals surface area contributed by atoms with E-state index in [4.69, 9.17) is 17.2 Å². The van der Waals surface area contributed by atoms with Crippen LogP contribution in [-0.2, 0) is 16.1 Å². The van der Waals surface area contributed by atoms with Crippen LogP contribution in [0.25, 0.3) is 0 Å². The van der Waals surface area contributed by atoms with Gasteiger partial charge in [-0.2, -0.15) is 0 Å². The first-order valence-corrected chi connectivity index (χ1v) is 10.1. The monoisotopic (exact) mass is 397 g/mol. The average molecular weight is 398 g/mol. The number of nitrogens with zero attached hydrogens (tertiary/aromatic N) is 3. The molecule has 3 rings (SSSR count). The van der Waals surface area contributed by atoms with Crippen LogP contribution in [-0.4, -0.2) is 49.8 Å². The molecule has 2 atom stereocenters. The molecule has 140 valence electrons. The Morgan fingerprint density at radius 1 is 1.54 bits per heavy atom. The first kappa shape index (κ1) is 18.8. The van der Waals surface area contributed by atoms with E-state index >= 15 is 0 Å². The molecule has 1 aromatic heterocycles. The molecule has 1 fully saturated rings. The van der Waals surface area contributed by atoms with Gasteiger partial charge in [-0.1, -0.05) is 11.9 Å². The van der Waals surface area contributed by atoms with Gasteiger partial charge in [0.25, 0.3) is 0 Å². The molecular weight excluding hydrogens is 376 g/mol. The van der Waals surface area contributed by atoms with Crippen molar-refractivity contribution in [2.24, 2.45) is 5.73 Å². The number of nitrogens with two attached hydrogens (primary N) is 3. The van der Waals surface area contributed by atoms with E-state index in [1.807, 2.05) is 11.5 Å².